The Bertz CT molecular complexity index is 982. The summed E-state index contributed by atoms with van der Waals surface area (Å²) in [6, 6.07) is 12.7. The van der Waals surface area contributed by atoms with Crippen molar-refractivity contribution in [3.8, 4) is 17.2 Å². The Balaban J connectivity index is 1.83. The van der Waals surface area contributed by atoms with Gasteiger partial charge >= 0.3 is 0 Å². The lowest BCUT2D eigenvalue weighted by atomic mass is 9.86. The van der Waals surface area contributed by atoms with Crippen LogP contribution < -0.4 is 0 Å². The Hall–Kier alpha value is -2.19. The van der Waals surface area contributed by atoms with Gasteiger partial charge in [-0.2, -0.15) is 4.68 Å². The van der Waals surface area contributed by atoms with Gasteiger partial charge in [-0.3, -0.25) is 0 Å². The molecule has 0 bridgehead atoms. The van der Waals surface area contributed by atoms with Crippen molar-refractivity contribution in [2.75, 3.05) is 0 Å². The Labute approximate surface area is 179 Å². The Kier molecular flexibility index (Phi) is 6.14. The van der Waals surface area contributed by atoms with E-state index in [-0.39, 0.29) is 21.7 Å². The van der Waals surface area contributed by atoms with Crippen LogP contribution in [0.25, 0.3) is 5.69 Å². The SMILES string of the molecule is CC(C)(C)CC(C)(C)Sc1cc(O)c(Sc2nnnn2-c2ccccc2)cc1O. The van der Waals surface area contributed by atoms with Crippen LogP contribution in [0.2, 0.25) is 0 Å². The highest BCUT2D eigenvalue weighted by atomic mass is 32.2. The molecule has 8 heteroatoms. The molecule has 0 radical (unpaired) electrons. The van der Waals surface area contributed by atoms with Gasteiger partial charge in [-0.15, -0.1) is 16.9 Å². The zero-order valence-electron chi connectivity index (χ0n) is 17.2. The van der Waals surface area contributed by atoms with Gasteiger partial charge < -0.3 is 10.2 Å². The first-order valence-electron chi connectivity index (χ1n) is 9.31. The maximum Gasteiger partial charge on any atom is 0.219 e. The number of hydrogen-bond acceptors (Lipinski definition) is 7. The average Bonchev–Trinajstić information content (AvgIpc) is 3.06. The molecule has 0 saturated carbocycles. The van der Waals surface area contributed by atoms with Crippen LogP contribution in [0, 0.1) is 5.41 Å². The molecule has 0 unspecified atom stereocenters. The molecule has 0 saturated heterocycles. The van der Waals surface area contributed by atoms with Gasteiger partial charge in [0.1, 0.15) is 11.5 Å². The molecule has 3 aromatic rings. The number of thioether (sulfide) groups is 1. The molecule has 6 nitrogen and oxygen atoms in total. The minimum Gasteiger partial charge on any atom is -0.507 e. The Morgan fingerprint density at radius 2 is 1.55 bits per heavy atom. The average molecular weight is 431 g/mol. The Morgan fingerprint density at radius 3 is 2.21 bits per heavy atom. The molecule has 0 spiro atoms. The van der Waals surface area contributed by atoms with E-state index in [4.69, 9.17) is 0 Å². The van der Waals surface area contributed by atoms with Crippen molar-refractivity contribution >= 4 is 23.5 Å². The molecule has 2 N–H and O–H groups in total. The van der Waals surface area contributed by atoms with Gasteiger partial charge in [0.15, 0.2) is 0 Å². The number of benzene rings is 2. The predicted octanol–water partition coefficient (Wildman–Crippen LogP) is 5.53. The molecule has 0 aliphatic rings. The smallest absolute Gasteiger partial charge is 0.219 e. The van der Waals surface area contributed by atoms with Gasteiger partial charge in [-0.25, -0.2) is 0 Å². The van der Waals surface area contributed by atoms with E-state index < -0.39 is 0 Å². The third-order valence-electron chi connectivity index (χ3n) is 4.03. The first-order chi connectivity index (χ1) is 13.5. The maximum atomic E-state index is 10.6. The van der Waals surface area contributed by atoms with E-state index in [0.717, 1.165) is 12.1 Å². The molecule has 2 aromatic carbocycles. The number of tetrazole rings is 1. The van der Waals surface area contributed by atoms with Crippen molar-refractivity contribution in [3.05, 3.63) is 42.5 Å². The van der Waals surface area contributed by atoms with Crippen LogP contribution in [0.1, 0.15) is 41.0 Å². The summed E-state index contributed by atoms with van der Waals surface area (Å²) in [5.41, 5.74) is 0.984. The molecular formula is C21H26N4O2S2. The zero-order valence-corrected chi connectivity index (χ0v) is 18.9. The van der Waals surface area contributed by atoms with E-state index in [0.29, 0.717) is 14.9 Å². The number of nitrogens with zero attached hydrogens (tertiary/aromatic N) is 4. The summed E-state index contributed by atoms with van der Waals surface area (Å²) >= 11 is 2.77. The number of phenolic OH excluding ortho intramolecular Hbond substituents is 2. The van der Waals surface area contributed by atoms with Crippen molar-refractivity contribution in [1.82, 2.24) is 20.2 Å². The van der Waals surface area contributed by atoms with Crippen LogP contribution in [0.3, 0.4) is 0 Å². The lowest BCUT2D eigenvalue weighted by molar-refractivity contribution is 0.339. The van der Waals surface area contributed by atoms with Crippen molar-refractivity contribution in [2.45, 2.75) is 60.7 Å². The molecule has 29 heavy (non-hydrogen) atoms. The standard InChI is InChI=1S/C21H26N4O2S2/c1-20(2,3)13-21(4,5)29-18-12-15(26)17(11-16(18)27)28-19-22-23-24-25(19)14-9-7-6-8-10-14/h6-12,26-27H,13H2,1-5H3. The number of phenols is 2. The number of aromatic hydroxyl groups is 2. The first-order valence-corrected chi connectivity index (χ1v) is 10.9. The minimum atomic E-state index is -0.0891. The fraction of sp³-hybridized carbons (Fsp3) is 0.381. The molecule has 0 fully saturated rings. The fourth-order valence-electron chi connectivity index (χ4n) is 3.39. The van der Waals surface area contributed by atoms with E-state index >= 15 is 0 Å². The predicted molar refractivity (Wildman–Crippen MR) is 117 cm³/mol. The van der Waals surface area contributed by atoms with Gasteiger partial charge in [-0.1, -0.05) is 52.8 Å². The molecule has 154 valence electrons. The van der Waals surface area contributed by atoms with E-state index in [9.17, 15) is 10.2 Å². The van der Waals surface area contributed by atoms with Crippen molar-refractivity contribution in [3.63, 3.8) is 0 Å². The molecule has 0 amide bonds. The van der Waals surface area contributed by atoms with E-state index in [1.54, 1.807) is 28.6 Å². The minimum absolute atomic E-state index is 0.0875. The second-order valence-corrected chi connectivity index (χ2v) is 11.5. The first kappa shape index (κ1) is 21.5. The monoisotopic (exact) mass is 430 g/mol. The molecule has 1 heterocycles. The van der Waals surface area contributed by atoms with E-state index in [2.05, 4.69) is 50.1 Å². The highest BCUT2D eigenvalue weighted by molar-refractivity contribution is 8.00. The lowest BCUT2D eigenvalue weighted by Crippen LogP contribution is -2.23. The highest BCUT2D eigenvalue weighted by Gasteiger charge is 2.28. The van der Waals surface area contributed by atoms with E-state index in [1.807, 2.05) is 30.3 Å². The summed E-state index contributed by atoms with van der Waals surface area (Å²) in [7, 11) is 0. The molecule has 3 rings (SSSR count). The van der Waals surface area contributed by atoms with Crippen LogP contribution in [0.15, 0.2) is 57.4 Å². The molecule has 1 aromatic heterocycles. The van der Waals surface area contributed by atoms with Crippen LogP contribution in [0.4, 0.5) is 0 Å². The van der Waals surface area contributed by atoms with E-state index in [1.165, 1.54) is 11.8 Å². The summed E-state index contributed by atoms with van der Waals surface area (Å²) in [4.78, 5) is 1.15. The highest BCUT2D eigenvalue weighted by Crippen LogP contribution is 2.47. The van der Waals surface area contributed by atoms with Gasteiger partial charge in [0.2, 0.25) is 5.16 Å². The molecule has 0 atom stereocenters. The van der Waals surface area contributed by atoms with Gasteiger partial charge in [0, 0.05) is 4.75 Å². The molecular weight excluding hydrogens is 404 g/mol. The van der Waals surface area contributed by atoms with Crippen molar-refractivity contribution < 1.29 is 10.2 Å². The number of rotatable bonds is 6. The van der Waals surface area contributed by atoms with Crippen LogP contribution >= 0.6 is 23.5 Å². The largest absolute Gasteiger partial charge is 0.507 e. The fourth-order valence-corrected chi connectivity index (χ4v) is 5.66. The Morgan fingerprint density at radius 1 is 0.931 bits per heavy atom. The summed E-state index contributed by atoms with van der Waals surface area (Å²) in [6.45, 7) is 10.9. The van der Waals surface area contributed by atoms with Gasteiger partial charge in [0.25, 0.3) is 0 Å². The quantitative estimate of drug-likeness (QED) is 0.393. The topological polar surface area (TPSA) is 84.1 Å². The zero-order chi connectivity index (χ0) is 21.2. The van der Waals surface area contributed by atoms with Crippen molar-refractivity contribution in [2.24, 2.45) is 5.41 Å². The summed E-state index contributed by atoms with van der Waals surface area (Å²) < 4.78 is 1.50. The summed E-state index contributed by atoms with van der Waals surface area (Å²) in [6.07, 6.45) is 0.965. The van der Waals surface area contributed by atoms with Gasteiger partial charge in [-0.05, 0) is 58.3 Å². The summed E-state index contributed by atoms with van der Waals surface area (Å²) in [5, 5.41) is 33.5. The molecule has 0 aliphatic heterocycles. The number of para-hydroxylation sites is 1. The van der Waals surface area contributed by atoms with Crippen LogP contribution in [0.5, 0.6) is 11.5 Å². The van der Waals surface area contributed by atoms with Crippen LogP contribution in [-0.4, -0.2) is 35.2 Å². The third kappa shape index (κ3) is 5.67. The second-order valence-electron chi connectivity index (χ2n) is 8.70. The second kappa shape index (κ2) is 8.28. The number of aromatic nitrogens is 4. The van der Waals surface area contributed by atoms with Crippen LogP contribution in [-0.2, 0) is 0 Å². The lowest BCUT2D eigenvalue weighted by Gasteiger charge is -2.32. The van der Waals surface area contributed by atoms with Gasteiger partial charge in [0.05, 0.1) is 15.5 Å². The van der Waals surface area contributed by atoms with Crippen molar-refractivity contribution in [1.29, 1.82) is 0 Å². The molecule has 0 aliphatic carbocycles. The maximum absolute atomic E-state index is 10.6. The third-order valence-corrected chi connectivity index (χ3v) is 6.25. The summed E-state index contributed by atoms with van der Waals surface area (Å²) in [5.74, 6) is 0.223. The number of hydrogen-bond donors (Lipinski definition) is 2. The normalized spacial score (nSPS) is 12.3.